The number of benzene rings is 3. The third kappa shape index (κ3) is 7.07. The second-order valence-electron chi connectivity index (χ2n) is 10.4. The van der Waals surface area contributed by atoms with Crippen molar-refractivity contribution >= 4 is 11.8 Å². The van der Waals surface area contributed by atoms with E-state index in [-0.39, 0.29) is 24.3 Å². The first kappa shape index (κ1) is 25.7. The van der Waals surface area contributed by atoms with Crippen LogP contribution in [0.5, 0.6) is 0 Å². The van der Waals surface area contributed by atoms with Gasteiger partial charge in [0.25, 0.3) is 0 Å². The average Bonchev–Trinajstić information content (AvgIpc) is 3.35. The Hall–Kier alpha value is -3.40. The van der Waals surface area contributed by atoms with E-state index in [2.05, 4.69) is 68.6 Å². The first-order valence-corrected chi connectivity index (χ1v) is 13.1. The monoisotopic (exact) mass is 482 g/mol. The summed E-state index contributed by atoms with van der Waals surface area (Å²) in [7, 11) is 0. The van der Waals surface area contributed by atoms with E-state index < -0.39 is 6.04 Å². The lowest BCUT2D eigenvalue weighted by Gasteiger charge is -2.32. The Morgan fingerprint density at radius 3 is 2.08 bits per heavy atom. The predicted molar refractivity (Wildman–Crippen MR) is 146 cm³/mol. The molecular weight excluding hydrogens is 444 g/mol. The average molecular weight is 483 g/mol. The van der Waals surface area contributed by atoms with Gasteiger partial charge in [-0.2, -0.15) is 0 Å². The molecule has 36 heavy (non-hydrogen) atoms. The van der Waals surface area contributed by atoms with E-state index in [1.165, 1.54) is 5.56 Å². The van der Waals surface area contributed by atoms with Crippen LogP contribution in [0.15, 0.2) is 72.8 Å². The van der Waals surface area contributed by atoms with Crippen molar-refractivity contribution in [2.45, 2.75) is 77.9 Å². The van der Waals surface area contributed by atoms with E-state index in [1.54, 1.807) is 4.90 Å². The van der Waals surface area contributed by atoms with Gasteiger partial charge in [-0.25, -0.2) is 0 Å². The Labute approximate surface area is 215 Å². The summed E-state index contributed by atoms with van der Waals surface area (Å²) in [5, 5.41) is 3.28. The van der Waals surface area contributed by atoms with Crippen molar-refractivity contribution in [1.82, 2.24) is 10.2 Å². The molecule has 1 N–H and O–H groups in total. The minimum Gasteiger partial charge on any atom is -0.352 e. The molecule has 1 aliphatic carbocycles. The van der Waals surface area contributed by atoms with Gasteiger partial charge in [-0.3, -0.25) is 9.59 Å². The zero-order valence-electron chi connectivity index (χ0n) is 21.8. The molecule has 4 rings (SSSR count). The number of carbonyl (C=O) groups excluding carboxylic acids is 2. The van der Waals surface area contributed by atoms with Gasteiger partial charge in [-0.15, -0.1) is 0 Å². The van der Waals surface area contributed by atoms with Crippen molar-refractivity contribution < 1.29 is 9.59 Å². The van der Waals surface area contributed by atoms with Gasteiger partial charge in [-0.1, -0.05) is 102 Å². The predicted octanol–water partition coefficient (Wildman–Crippen LogP) is 5.85. The Kier molecular flexibility index (Phi) is 8.58. The number of nitrogens with zero attached hydrogens (tertiary/aromatic N) is 1. The fraction of sp³-hybridized carbons (Fsp3) is 0.375. The quantitative estimate of drug-likeness (QED) is 0.416. The van der Waals surface area contributed by atoms with Gasteiger partial charge in [0.2, 0.25) is 11.8 Å². The van der Waals surface area contributed by atoms with Crippen LogP contribution in [0, 0.1) is 20.8 Å². The highest BCUT2D eigenvalue weighted by molar-refractivity contribution is 5.89. The molecule has 1 unspecified atom stereocenters. The number of rotatable bonds is 9. The topological polar surface area (TPSA) is 49.4 Å². The Morgan fingerprint density at radius 1 is 0.806 bits per heavy atom. The van der Waals surface area contributed by atoms with E-state index in [9.17, 15) is 9.59 Å². The second-order valence-corrected chi connectivity index (χ2v) is 10.4. The summed E-state index contributed by atoms with van der Waals surface area (Å²) in [5.74, 6) is -0.0743. The number of aryl methyl sites for hydroxylation is 3. The molecule has 1 aliphatic rings. The van der Waals surface area contributed by atoms with Gasteiger partial charge in [0.05, 0.1) is 6.42 Å². The molecule has 3 aromatic carbocycles. The number of carbonyl (C=O) groups is 2. The summed E-state index contributed by atoms with van der Waals surface area (Å²) in [6.07, 6.45) is 5.08. The third-order valence-corrected chi connectivity index (χ3v) is 7.08. The lowest BCUT2D eigenvalue weighted by atomic mass is 10.00. The van der Waals surface area contributed by atoms with Crippen LogP contribution < -0.4 is 5.32 Å². The van der Waals surface area contributed by atoms with E-state index in [0.29, 0.717) is 13.0 Å². The van der Waals surface area contributed by atoms with Crippen molar-refractivity contribution in [3.63, 3.8) is 0 Å². The fourth-order valence-corrected chi connectivity index (χ4v) is 5.26. The Bertz CT molecular complexity index is 1140. The fourth-order valence-electron chi connectivity index (χ4n) is 5.26. The first-order valence-electron chi connectivity index (χ1n) is 13.1. The lowest BCUT2D eigenvalue weighted by Crippen LogP contribution is -2.52. The van der Waals surface area contributed by atoms with E-state index >= 15 is 0 Å². The van der Waals surface area contributed by atoms with E-state index in [0.717, 1.165) is 53.5 Å². The molecule has 1 atom stereocenters. The van der Waals surface area contributed by atoms with Crippen LogP contribution in [0.2, 0.25) is 0 Å². The number of amides is 2. The minimum atomic E-state index is -0.576. The van der Waals surface area contributed by atoms with Crippen LogP contribution in [0.25, 0.3) is 0 Å². The second kappa shape index (κ2) is 12.0. The highest BCUT2D eigenvalue weighted by atomic mass is 16.2. The third-order valence-electron chi connectivity index (χ3n) is 7.08. The van der Waals surface area contributed by atoms with E-state index in [4.69, 9.17) is 0 Å². The maximum Gasteiger partial charge on any atom is 0.243 e. The molecule has 0 aliphatic heterocycles. The van der Waals surface area contributed by atoms with Crippen LogP contribution in [0.3, 0.4) is 0 Å². The highest BCUT2D eigenvalue weighted by Crippen LogP contribution is 2.21. The molecule has 0 spiro atoms. The zero-order valence-corrected chi connectivity index (χ0v) is 21.8. The van der Waals surface area contributed by atoms with Gasteiger partial charge >= 0.3 is 0 Å². The van der Waals surface area contributed by atoms with Gasteiger partial charge in [0, 0.05) is 19.0 Å². The van der Waals surface area contributed by atoms with Gasteiger partial charge < -0.3 is 10.2 Å². The first-order chi connectivity index (χ1) is 17.4. The number of hydrogen-bond donors (Lipinski definition) is 1. The van der Waals surface area contributed by atoms with Crippen molar-refractivity contribution in [2.75, 3.05) is 0 Å². The zero-order chi connectivity index (χ0) is 25.5. The van der Waals surface area contributed by atoms with Gasteiger partial charge in [-0.05, 0) is 50.3 Å². The summed E-state index contributed by atoms with van der Waals surface area (Å²) in [5.41, 5.74) is 6.52. The Morgan fingerprint density at radius 2 is 1.44 bits per heavy atom. The van der Waals surface area contributed by atoms with Crippen LogP contribution >= 0.6 is 0 Å². The molecule has 3 aromatic rings. The van der Waals surface area contributed by atoms with Gasteiger partial charge in [0.15, 0.2) is 0 Å². The van der Waals surface area contributed by atoms with Crippen molar-refractivity contribution in [3.8, 4) is 0 Å². The minimum absolute atomic E-state index is 0.0249. The van der Waals surface area contributed by atoms with Crippen molar-refractivity contribution in [3.05, 3.63) is 106 Å². The molecule has 4 nitrogen and oxygen atoms in total. The van der Waals surface area contributed by atoms with Crippen molar-refractivity contribution in [2.24, 2.45) is 0 Å². The van der Waals surface area contributed by atoms with Crippen LogP contribution in [-0.2, 0) is 29.0 Å². The normalized spacial score (nSPS) is 14.4. The van der Waals surface area contributed by atoms with E-state index in [1.807, 2.05) is 30.3 Å². The molecule has 0 aromatic heterocycles. The van der Waals surface area contributed by atoms with Crippen LogP contribution in [0.4, 0.5) is 0 Å². The SMILES string of the molecule is Cc1ccc(CN(C(=O)Cc2cc(C)cc(C)c2)C(Cc2ccccc2)C(=O)NC2CCCC2)cc1. The molecule has 1 fully saturated rings. The lowest BCUT2D eigenvalue weighted by molar-refractivity contribution is -0.141. The van der Waals surface area contributed by atoms with Gasteiger partial charge in [0.1, 0.15) is 6.04 Å². The summed E-state index contributed by atoms with van der Waals surface area (Å²) < 4.78 is 0. The number of nitrogens with one attached hydrogen (secondary N) is 1. The molecule has 4 heteroatoms. The molecule has 0 saturated heterocycles. The molecule has 0 bridgehead atoms. The molecule has 0 radical (unpaired) electrons. The standard InChI is InChI=1S/C32H38N2O2/c1-23-13-15-27(16-14-23)22-34(31(35)21-28-18-24(2)17-25(3)19-28)30(20-26-9-5-4-6-10-26)32(36)33-29-11-7-8-12-29/h4-6,9-10,13-19,29-30H,7-8,11-12,20-22H2,1-3H3,(H,33,36). The number of hydrogen-bond acceptors (Lipinski definition) is 2. The summed E-state index contributed by atoms with van der Waals surface area (Å²) >= 11 is 0. The maximum atomic E-state index is 13.9. The largest absolute Gasteiger partial charge is 0.352 e. The highest BCUT2D eigenvalue weighted by Gasteiger charge is 2.32. The maximum absolute atomic E-state index is 13.9. The molecule has 1 saturated carbocycles. The van der Waals surface area contributed by atoms with Crippen LogP contribution in [-0.4, -0.2) is 28.8 Å². The smallest absolute Gasteiger partial charge is 0.243 e. The summed E-state index contributed by atoms with van der Waals surface area (Å²) in [6, 6.07) is 24.1. The molecule has 0 heterocycles. The molecule has 188 valence electrons. The summed E-state index contributed by atoms with van der Waals surface area (Å²) in [6.45, 7) is 6.57. The van der Waals surface area contributed by atoms with Crippen LogP contribution in [0.1, 0.15) is 59.1 Å². The molecular formula is C32H38N2O2. The Balaban J connectivity index is 1.66. The molecule has 2 amide bonds. The summed E-state index contributed by atoms with van der Waals surface area (Å²) in [4.78, 5) is 29.5. The van der Waals surface area contributed by atoms with Crippen molar-refractivity contribution in [1.29, 1.82) is 0 Å².